The number of ether oxygens (including phenoxy) is 1. The summed E-state index contributed by atoms with van der Waals surface area (Å²) in [5, 5.41) is 0. The highest BCUT2D eigenvalue weighted by atomic mass is 19.4. The molecule has 1 aliphatic rings. The fourth-order valence-corrected chi connectivity index (χ4v) is 2.75. The van der Waals surface area contributed by atoms with Gasteiger partial charge in [-0.3, -0.25) is 4.79 Å². The van der Waals surface area contributed by atoms with E-state index >= 15 is 0 Å². The van der Waals surface area contributed by atoms with E-state index in [0.29, 0.717) is 6.54 Å². The topological polar surface area (TPSA) is 55.6 Å². The zero-order valence-corrected chi connectivity index (χ0v) is 12.3. The van der Waals surface area contributed by atoms with E-state index < -0.39 is 12.1 Å². The van der Waals surface area contributed by atoms with Crippen molar-refractivity contribution in [3.05, 3.63) is 29.8 Å². The van der Waals surface area contributed by atoms with E-state index in [1.807, 2.05) is 6.92 Å². The average Bonchev–Trinajstić information content (AvgIpc) is 2.45. The van der Waals surface area contributed by atoms with Crippen LogP contribution in [0.1, 0.15) is 36.5 Å². The van der Waals surface area contributed by atoms with Crippen LogP contribution in [0.4, 0.5) is 13.2 Å². The first-order chi connectivity index (χ1) is 10.3. The van der Waals surface area contributed by atoms with Crippen molar-refractivity contribution in [1.29, 1.82) is 0 Å². The molecule has 0 radical (unpaired) electrons. The molecule has 2 N–H and O–H groups in total. The van der Waals surface area contributed by atoms with E-state index in [9.17, 15) is 18.0 Å². The Kier molecular flexibility index (Phi) is 4.95. The molecule has 0 bridgehead atoms. The number of halogens is 3. The summed E-state index contributed by atoms with van der Waals surface area (Å²) in [6, 6.07) is 4.87. The van der Waals surface area contributed by atoms with Gasteiger partial charge < -0.3 is 15.4 Å². The van der Waals surface area contributed by atoms with Crippen LogP contribution in [0.15, 0.2) is 24.3 Å². The molecule has 1 aromatic carbocycles. The monoisotopic (exact) mass is 316 g/mol. The maximum atomic E-state index is 12.6. The fraction of sp³-hybridized carbons (Fsp3) is 0.533. The number of carbonyl (C=O) groups excluding carboxylic acids is 1. The summed E-state index contributed by atoms with van der Waals surface area (Å²) in [7, 11) is 0. The quantitative estimate of drug-likeness (QED) is 0.933. The summed E-state index contributed by atoms with van der Waals surface area (Å²) in [4.78, 5) is 14.2. The SMILES string of the molecule is CC(N)C1CCCCN1C(=O)c1cccc(OC(F)(F)F)c1. The Bertz CT molecular complexity index is 532. The van der Waals surface area contributed by atoms with Crippen LogP contribution < -0.4 is 10.5 Å². The Morgan fingerprint density at radius 3 is 2.77 bits per heavy atom. The number of hydrogen-bond acceptors (Lipinski definition) is 3. The molecule has 4 nitrogen and oxygen atoms in total. The molecule has 2 atom stereocenters. The number of nitrogens with two attached hydrogens (primary N) is 1. The molecule has 22 heavy (non-hydrogen) atoms. The number of carbonyl (C=O) groups is 1. The van der Waals surface area contributed by atoms with E-state index in [4.69, 9.17) is 5.73 Å². The zero-order chi connectivity index (χ0) is 16.3. The van der Waals surface area contributed by atoms with Gasteiger partial charge in [0.2, 0.25) is 0 Å². The van der Waals surface area contributed by atoms with Gasteiger partial charge in [0.25, 0.3) is 5.91 Å². The van der Waals surface area contributed by atoms with Gasteiger partial charge in [0, 0.05) is 24.2 Å². The van der Waals surface area contributed by atoms with Crippen LogP contribution in [-0.2, 0) is 0 Å². The van der Waals surface area contributed by atoms with E-state index in [1.165, 1.54) is 18.2 Å². The molecule has 1 aromatic rings. The Balaban J connectivity index is 2.19. The van der Waals surface area contributed by atoms with E-state index in [1.54, 1.807) is 4.90 Å². The minimum atomic E-state index is -4.78. The van der Waals surface area contributed by atoms with Crippen LogP contribution in [0.25, 0.3) is 0 Å². The second-order valence-corrected chi connectivity index (χ2v) is 5.50. The van der Waals surface area contributed by atoms with Crippen LogP contribution in [0.3, 0.4) is 0 Å². The Hall–Kier alpha value is -1.76. The predicted molar refractivity (Wildman–Crippen MR) is 75.4 cm³/mol. The third kappa shape index (κ3) is 4.13. The maximum absolute atomic E-state index is 12.6. The van der Waals surface area contributed by atoms with Crippen molar-refractivity contribution in [3.8, 4) is 5.75 Å². The highest BCUT2D eigenvalue weighted by molar-refractivity contribution is 5.95. The van der Waals surface area contributed by atoms with Crippen molar-refractivity contribution >= 4 is 5.91 Å². The van der Waals surface area contributed by atoms with Crippen molar-refractivity contribution in [2.75, 3.05) is 6.54 Å². The van der Waals surface area contributed by atoms with Crippen molar-refractivity contribution in [3.63, 3.8) is 0 Å². The molecule has 1 fully saturated rings. The van der Waals surface area contributed by atoms with Gasteiger partial charge >= 0.3 is 6.36 Å². The Morgan fingerprint density at radius 2 is 2.14 bits per heavy atom. The molecular formula is C15H19F3N2O2. The Morgan fingerprint density at radius 1 is 1.41 bits per heavy atom. The summed E-state index contributed by atoms with van der Waals surface area (Å²) < 4.78 is 40.6. The van der Waals surface area contributed by atoms with Gasteiger partial charge in [0.1, 0.15) is 5.75 Å². The summed E-state index contributed by atoms with van der Waals surface area (Å²) in [5.41, 5.74) is 6.09. The first kappa shape index (κ1) is 16.6. The molecular weight excluding hydrogens is 297 g/mol. The van der Waals surface area contributed by atoms with E-state index in [-0.39, 0.29) is 23.6 Å². The molecule has 2 rings (SSSR count). The molecule has 0 saturated carbocycles. The van der Waals surface area contributed by atoms with Gasteiger partial charge in [-0.05, 0) is 44.4 Å². The molecule has 1 saturated heterocycles. The van der Waals surface area contributed by atoms with Crippen LogP contribution >= 0.6 is 0 Å². The van der Waals surface area contributed by atoms with Crippen molar-refractivity contribution in [2.24, 2.45) is 5.73 Å². The smallest absolute Gasteiger partial charge is 0.406 e. The molecule has 1 aliphatic heterocycles. The maximum Gasteiger partial charge on any atom is 0.573 e. The third-order valence-electron chi connectivity index (χ3n) is 3.73. The van der Waals surface area contributed by atoms with Crippen LogP contribution in [0.5, 0.6) is 5.75 Å². The number of hydrogen-bond donors (Lipinski definition) is 1. The lowest BCUT2D eigenvalue weighted by Crippen LogP contribution is -2.51. The summed E-state index contributed by atoms with van der Waals surface area (Å²) in [6.07, 6.45) is -2.11. The first-order valence-electron chi connectivity index (χ1n) is 7.20. The molecule has 0 aromatic heterocycles. The Labute approximate surface area is 127 Å². The lowest BCUT2D eigenvalue weighted by atomic mass is 9.96. The number of likely N-dealkylation sites (tertiary alicyclic amines) is 1. The number of piperidine rings is 1. The summed E-state index contributed by atoms with van der Waals surface area (Å²) >= 11 is 0. The van der Waals surface area contributed by atoms with Gasteiger partial charge in [0.05, 0.1) is 0 Å². The molecule has 0 spiro atoms. The number of amides is 1. The fourth-order valence-electron chi connectivity index (χ4n) is 2.75. The van der Waals surface area contributed by atoms with Crippen molar-refractivity contribution in [2.45, 2.75) is 44.6 Å². The zero-order valence-electron chi connectivity index (χ0n) is 12.3. The minimum Gasteiger partial charge on any atom is -0.406 e. The molecule has 7 heteroatoms. The first-order valence-corrected chi connectivity index (χ1v) is 7.20. The van der Waals surface area contributed by atoms with Gasteiger partial charge in [-0.25, -0.2) is 0 Å². The molecule has 1 heterocycles. The second-order valence-electron chi connectivity index (χ2n) is 5.50. The molecule has 0 aliphatic carbocycles. The van der Waals surface area contributed by atoms with Gasteiger partial charge in [-0.1, -0.05) is 6.07 Å². The molecule has 122 valence electrons. The third-order valence-corrected chi connectivity index (χ3v) is 3.73. The summed E-state index contributed by atoms with van der Waals surface area (Å²) in [5.74, 6) is -0.706. The molecule has 2 unspecified atom stereocenters. The second kappa shape index (κ2) is 6.56. The number of alkyl halides is 3. The standard InChI is InChI=1S/C15H19F3N2O2/c1-10(19)13-7-2-3-8-20(13)14(21)11-5-4-6-12(9-11)22-15(16,17)18/h4-6,9-10,13H,2-3,7-8,19H2,1H3. The van der Waals surface area contributed by atoms with E-state index in [0.717, 1.165) is 25.3 Å². The van der Waals surface area contributed by atoms with Gasteiger partial charge in [-0.2, -0.15) is 0 Å². The lowest BCUT2D eigenvalue weighted by Gasteiger charge is -2.38. The number of rotatable bonds is 3. The van der Waals surface area contributed by atoms with Gasteiger partial charge in [-0.15, -0.1) is 13.2 Å². The minimum absolute atomic E-state index is 0.0894. The van der Waals surface area contributed by atoms with Crippen molar-refractivity contribution in [1.82, 2.24) is 4.90 Å². The lowest BCUT2D eigenvalue weighted by molar-refractivity contribution is -0.274. The van der Waals surface area contributed by atoms with Crippen LogP contribution in [-0.4, -0.2) is 35.8 Å². The summed E-state index contributed by atoms with van der Waals surface area (Å²) in [6.45, 7) is 2.40. The number of benzene rings is 1. The van der Waals surface area contributed by atoms with Crippen LogP contribution in [0.2, 0.25) is 0 Å². The van der Waals surface area contributed by atoms with Crippen molar-refractivity contribution < 1.29 is 22.7 Å². The van der Waals surface area contributed by atoms with Crippen LogP contribution in [0, 0.1) is 0 Å². The highest BCUT2D eigenvalue weighted by Gasteiger charge is 2.32. The highest BCUT2D eigenvalue weighted by Crippen LogP contribution is 2.26. The predicted octanol–water partition coefficient (Wildman–Crippen LogP) is 2.93. The largest absolute Gasteiger partial charge is 0.573 e. The average molecular weight is 316 g/mol. The van der Waals surface area contributed by atoms with Gasteiger partial charge in [0.15, 0.2) is 0 Å². The molecule has 1 amide bonds. The van der Waals surface area contributed by atoms with E-state index in [2.05, 4.69) is 4.74 Å². The normalized spacial score (nSPS) is 20.6. The number of nitrogens with zero attached hydrogens (tertiary/aromatic N) is 1.